The Morgan fingerprint density at radius 3 is 2.49 bits per heavy atom. The largest absolute Gasteiger partial charge is 0.348 e. The molecule has 5 aromatic rings. The Morgan fingerprint density at radius 2 is 1.83 bits per heavy atom. The number of imidazole rings is 1. The molecule has 0 aliphatic heterocycles. The monoisotopic (exact) mass is 567 g/mol. The second-order valence-corrected chi connectivity index (χ2v) is 11.4. The summed E-state index contributed by atoms with van der Waals surface area (Å²) in [7, 11) is 0. The van der Waals surface area contributed by atoms with Crippen LogP contribution in [0, 0.1) is 12.8 Å². The van der Waals surface area contributed by atoms with Crippen molar-refractivity contribution >= 4 is 29.6 Å². The van der Waals surface area contributed by atoms with Gasteiger partial charge in [0, 0.05) is 35.9 Å². The highest BCUT2D eigenvalue weighted by Gasteiger charge is 2.19. The number of tetrazole rings is 1. The van der Waals surface area contributed by atoms with Crippen molar-refractivity contribution in [3.8, 4) is 22.5 Å². The molecule has 2 N–H and O–H groups in total. The molecule has 0 saturated carbocycles. The number of aromatic nitrogens is 6. The molecule has 0 aliphatic carbocycles. The lowest BCUT2D eigenvalue weighted by Gasteiger charge is -2.19. The summed E-state index contributed by atoms with van der Waals surface area (Å²) in [5.74, 6) is 2.62. The van der Waals surface area contributed by atoms with Crippen molar-refractivity contribution in [2.75, 3.05) is 5.75 Å². The summed E-state index contributed by atoms with van der Waals surface area (Å²) in [5.41, 5.74) is 7.79. The van der Waals surface area contributed by atoms with E-state index in [1.54, 1.807) is 0 Å². The first-order valence-corrected chi connectivity index (χ1v) is 14.8. The van der Waals surface area contributed by atoms with Gasteiger partial charge in [0.05, 0.1) is 11.0 Å². The highest BCUT2D eigenvalue weighted by Crippen LogP contribution is 2.30. The third kappa shape index (κ3) is 6.35. The van der Waals surface area contributed by atoms with Gasteiger partial charge < -0.3 is 9.88 Å². The smallest absolute Gasteiger partial charge is 0.251 e. The number of hydrogen-bond donors (Lipinski definition) is 3. The minimum Gasteiger partial charge on any atom is -0.348 e. The molecule has 0 spiro atoms. The first kappa shape index (κ1) is 28.5. The van der Waals surface area contributed by atoms with Crippen molar-refractivity contribution in [2.24, 2.45) is 5.92 Å². The van der Waals surface area contributed by atoms with E-state index < -0.39 is 0 Å². The number of H-pyrrole nitrogens is 1. The maximum atomic E-state index is 13.3. The average Bonchev–Trinajstić information content (AvgIpc) is 3.62. The van der Waals surface area contributed by atoms with E-state index in [2.05, 4.69) is 94.2 Å². The third-order valence-electron chi connectivity index (χ3n) is 7.29. The molecule has 2 aromatic heterocycles. The van der Waals surface area contributed by atoms with E-state index in [9.17, 15) is 4.79 Å². The lowest BCUT2D eigenvalue weighted by Crippen LogP contribution is -2.37. The summed E-state index contributed by atoms with van der Waals surface area (Å²) in [6, 6.07) is 20.6. The Balaban J connectivity index is 1.46. The minimum absolute atomic E-state index is 0.0334. The Labute approximate surface area is 246 Å². The topological polar surface area (TPSA) is 101 Å². The Kier molecular flexibility index (Phi) is 8.83. The quantitative estimate of drug-likeness (QED) is 0.163. The van der Waals surface area contributed by atoms with Crippen molar-refractivity contribution in [1.82, 2.24) is 35.5 Å². The first-order chi connectivity index (χ1) is 19.9. The van der Waals surface area contributed by atoms with Crippen LogP contribution >= 0.6 is 12.6 Å². The Hall–Kier alpha value is -3.98. The van der Waals surface area contributed by atoms with Gasteiger partial charge in [-0.2, -0.15) is 17.8 Å². The summed E-state index contributed by atoms with van der Waals surface area (Å²) in [4.78, 5) is 18.3. The van der Waals surface area contributed by atoms with Gasteiger partial charge in [-0.1, -0.05) is 69.3 Å². The first-order valence-electron chi connectivity index (χ1n) is 14.2. The van der Waals surface area contributed by atoms with Crippen LogP contribution in [0.25, 0.3) is 33.5 Å². The van der Waals surface area contributed by atoms with E-state index in [1.807, 2.05) is 37.3 Å². The number of carbonyl (C=O) groups is 1. The molecule has 1 amide bonds. The van der Waals surface area contributed by atoms with Crippen molar-refractivity contribution in [3.63, 3.8) is 0 Å². The van der Waals surface area contributed by atoms with Gasteiger partial charge in [-0.3, -0.25) is 4.79 Å². The van der Waals surface area contributed by atoms with Crippen molar-refractivity contribution in [3.05, 3.63) is 83.2 Å². The number of carbonyl (C=O) groups excluding carboxylic acids is 1. The van der Waals surface area contributed by atoms with Gasteiger partial charge in [0.2, 0.25) is 5.82 Å². The summed E-state index contributed by atoms with van der Waals surface area (Å²) >= 11 is 4.47. The molecular formula is C32H37N7OS. The van der Waals surface area contributed by atoms with Crippen LogP contribution in [0.2, 0.25) is 0 Å². The van der Waals surface area contributed by atoms with Gasteiger partial charge in [0.25, 0.3) is 5.91 Å². The van der Waals surface area contributed by atoms with E-state index in [-0.39, 0.29) is 11.9 Å². The molecule has 5 rings (SSSR count). The van der Waals surface area contributed by atoms with Crippen LogP contribution in [0.4, 0.5) is 0 Å². The molecule has 8 nitrogen and oxygen atoms in total. The number of aryl methyl sites for hydroxylation is 2. The second-order valence-electron chi connectivity index (χ2n) is 11.0. The summed E-state index contributed by atoms with van der Waals surface area (Å²) in [6.07, 6.45) is 2.74. The van der Waals surface area contributed by atoms with Crippen LogP contribution in [0.15, 0.2) is 60.7 Å². The molecule has 212 valence electrons. The van der Waals surface area contributed by atoms with Gasteiger partial charge in [0.15, 0.2) is 0 Å². The maximum absolute atomic E-state index is 13.3. The van der Waals surface area contributed by atoms with Gasteiger partial charge in [-0.15, -0.1) is 10.2 Å². The fraction of sp³-hybridized carbons (Fsp3) is 0.344. The summed E-state index contributed by atoms with van der Waals surface area (Å²) in [6.45, 7) is 9.18. The molecule has 1 atom stereocenters. The Morgan fingerprint density at radius 1 is 1.07 bits per heavy atom. The third-order valence-corrected chi connectivity index (χ3v) is 7.73. The average molecular weight is 568 g/mol. The van der Waals surface area contributed by atoms with Crippen LogP contribution in [0.3, 0.4) is 0 Å². The molecule has 9 heteroatoms. The van der Waals surface area contributed by atoms with Crippen molar-refractivity contribution in [1.29, 1.82) is 0 Å². The molecule has 0 radical (unpaired) electrons. The van der Waals surface area contributed by atoms with Crippen molar-refractivity contribution < 1.29 is 4.79 Å². The van der Waals surface area contributed by atoms with Crippen LogP contribution in [-0.4, -0.2) is 47.9 Å². The van der Waals surface area contributed by atoms with E-state index >= 15 is 0 Å². The molecule has 0 fully saturated rings. The number of rotatable bonds is 11. The van der Waals surface area contributed by atoms with Gasteiger partial charge in [-0.05, 0) is 65.3 Å². The summed E-state index contributed by atoms with van der Waals surface area (Å²) in [5, 5.41) is 17.8. The lowest BCUT2D eigenvalue weighted by molar-refractivity contribution is 0.0937. The second kappa shape index (κ2) is 12.7. The zero-order chi connectivity index (χ0) is 28.9. The van der Waals surface area contributed by atoms with Crippen LogP contribution in [-0.2, 0) is 13.0 Å². The highest BCUT2D eigenvalue weighted by atomic mass is 32.1. The number of benzene rings is 3. The van der Waals surface area contributed by atoms with Gasteiger partial charge in [-0.25, -0.2) is 4.98 Å². The minimum atomic E-state index is -0.0656. The standard InChI is InChI=1S/C32H37N7OS/c1-5-8-29-34-30-21(4)16-24(32(40)33-25(19-41)15-20(2)3)17-28(30)39(29)18-22-11-13-23(14-12-22)26-9-6-7-10-27(26)31-35-37-38-36-31/h6-7,9-14,16-17,20,25,41H,5,8,15,18-19H2,1-4H3,(H,33,40)(H,35,36,37,38)/t25-/m0/s1. The fourth-order valence-corrected chi connectivity index (χ4v) is 5.60. The molecule has 0 aliphatic rings. The molecular weight excluding hydrogens is 530 g/mol. The summed E-state index contributed by atoms with van der Waals surface area (Å²) < 4.78 is 2.26. The van der Waals surface area contributed by atoms with E-state index in [1.165, 1.54) is 0 Å². The normalized spacial score (nSPS) is 12.2. The number of amides is 1. The number of aromatic amines is 1. The molecule has 0 unspecified atom stereocenters. The Bertz CT molecular complexity index is 1620. The van der Waals surface area contributed by atoms with Gasteiger partial charge in [0.1, 0.15) is 5.82 Å². The van der Waals surface area contributed by atoms with E-state index in [0.29, 0.717) is 29.6 Å². The molecule has 3 aromatic carbocycles. The van der Waals surface area contributed by atoms with Crippen LogP contribution in [0.1, 0.15) is 60.9 Å². The van der Waals surface area contributed by atoms with Crippen LogP contribution in [0.5, 0.6) is 0 Å². The number of nitrogens with zero attached hydrogens (tertiary/aromatic N) is 5. The maximum Gasteiger partial charge on any atom is 0.251 e. The molecule has 0 saturated heterocycles. The molecule has 0 bridgehead atoms. The molecule has 41 heavy (non-hydrogen) atoms. The SMILES string of the molecule is CCCc1nc2c(C)cc(C(=O)N[C@H](CS)CC(C)C)cc2n1Cc1ccc(-c2ccccc2-c2nn[nH]n2)cc1. The number of fused-ring (bicyclic) bond motifs is 1. The number of hydrogen-bond acceptors (Lipinski definition) is 6. The van der Waals surface area contributed by atoms with E-state index in [4.69, 9.17) is 4.98 Å². The van der Waals surface area contributed by atoms with Gasteiger partial charge >= 0.3 is 0 Å². The number of nitrogens with one attached hydrogen (secondary N) is 2. The number of thiol groups is 1. The predicted molar refractivity (Wildman–Crippen MR) is 167 cm³/mol. The highest BCUT2D eigenvalue weighted by molar-refractivity contribution is 7.80. The predicted octanol–water partition coefficient (Wildman–Crippen LogP) is 6.27. The zero-order valence-electron chi connectivity index (χ0n) is 24.1. The van der Waals surface area contributed by atoms with E-state index in [0.717, 1.165) is 63.9 Å². The lowest BCUT2D eigenvalue weighted by atomic mass is 9.98. The zero-order valence-corrected chi connectivity index (χ0v) is 24.9. The van der Waals surface area contributed by atoms with Crippen LogP contribution < -0.4 is 5.32 Å². The molecule has 2 heterocycles. The van der Waals surface area contributed by atoms with Crippen molar-refractivity contribution in [2.45, 2.75) is 59.5 Å². The fourth-order valence-electron chi connectivity index (χ4n) is 5.36.